The fourth-order valence-corrected chi connectivity index (χ4v) is 3.35. The van der Waals surface area contributed by atoms with Crippen LogP contribution in [0.5, 0.6) is 0 Å². The molecule has 1 N–H and O–H groups in total. The summed E-state index contributed by atoms with van der Waals surface area (Å²) in [5.74, 6) is 0.559. The van der Waals surface area contributed by atoms with Crippen LogP contribution in [0.4, 0.5) is 5.69 Å². The average Bonchev–Trinajstić information content (AvgIpc) is 3.03. The van der Waals surface area contributed by atoms with Crippen LogP contribution in [0.25, 0.3) is 0 Å². The zero-order valence-corrected chi connectivity index (χ0v) is 13.8. The Balaban J connectivity index is 2.11. The Morgan fingerprint density at radius 1 is 1.43 bits per heavy atom. The van der Waals surface area contributed by atoms with E-state index in [2.05, 4.69) is 5.32 Å². The Hall–Kier alpha value is -2.09. The number of benzene rings is 1. The number of thioether (sulfide) groups is 1. The molecule has 1 aliphatic rings. The summed E-state index contributed by atoms with van der Waals surface area (Å²) in [7, 11) is 0. The SMILES string of the molecule is CCC(C)NC(=O)C1CSCN1C(=O)c1ccc([N+](=O)[O-])cc1. The summed E-state index contributed by atoms with van der Waals surface area (Å²) in [6.07, 6.45) is 0.821. The molecule has 1 heterocycles. The summed E-state index contributed by atoms with van der Waals surface area (Å²) < 4.78 is 0. The van der Waals surface area contributed by atoms with Crippen LogP contribution in [-0.2, 0) is 4.79 Å². The van der Waals surface area contributed by atoms with Crippen molar-refractivity contribution in [1.82, 2.24) is 10.2 Å². The fourth-order valence-electron chi connectivity index (χ4n) is 2.19. The number of nitro benzene ring substituents is 1. The van der Waals surface area contributed by atoms with Gasteiger partial charge >= 0.3 is 0 Å². The van der Waals surface area contributed by atoms with Gasteiger partial charge in [-0.1, -0.05) is 6.92 Å². The first-order valence-electron chi connectivity index (χ1n) is 7.37. The van der Waals surface area contributed by atoms with Crippen molar-refractivity contribution in [3.8, 4) is 0 Å². The smallest absolute Gasteiger partial charge is 0.269 e. The molecule has 0 saturated carbocycles. The molecule has 8 heteroatoms. The third-order valence-corrected chi connectivity index (χ3v) is 4.78. The van der Waals surface area contributed by atoms with E-state index in [1.807, 2.05) is 13.8 Å². The lowest BCUT2D eigenvalue weighted by molar-refractivity contribution is -0.384. The molecule has 1 aliphatic heterocycles. The van der Waals surface area contributed by atoms with E-state index in [0.29, 0.717) is 17.2 Å². The highest BCUT2D eigenvalue weighted by molar-refractivity contribution is 7.99. The molecule has 0 aliphatic carbocycles. The van der Waals surface area contributed by atoms with Gasteiger partial charge in [-0.3, -0.25) is 19.7 Å². The normalized spacial score (nSPS) is 18.5. The molecule has 1 aromatic carbocycles. The lowest BCUT2D eigenvalue weighted by atomic mass is 10.1. The Bertz CT molecular complexity index is 605. The quantitative estimate of drug-likeness (QED) is 0.655. The van der Waals surface area contributed by atoms with Crippen LogP contribution >= 0.6 is 11.8 Å². The molecule has 0 bridgehead atoms. The second-order valence-electron chi connectivity index (χ2n) is 5.41. The molecule has 124 valence electrons. The van der Waals surface area contributed by atoms with Gasteiger partial charge in [-0.25, -0.2) is 0 Å². The summed E-state index contributed by atoms with van der Waals surface area (Å²) in [5, 5.41) is 13.6. The zero-order valence-electron chi connectivity index (χ0n) is 13.0. The van der Waals surface area contributed by atoms with Crippen molar-refractivity contribution in [1.29, 1.82) is 0 Å². The number of rotatable bonds is 5. The van der Waals surface area contributed by atoms with E-state index >= 15 is 0 Å². The molecular weight excluding hydrogens is 318 g/mol. The molecule has 2 rings (SSSR count). The van der Waals surface area contributed by atoms with Crippen molar-refractivity contribution in [3.05, 3.63) is 39.9 Å². The number of nitrogens with one attached hydrogen (secondary N) is 1. The standard InChI is InChI=1S/C15H19N3O4S/c1-3-10(2)16-14(19)13-8-23-9-17(13)15(20)11-4-6-12(7-5-11)18(21)22/h4-7,10,13H,3,8-9H2,1-2H3,(H,16,19). The summed E-state index contributed by atoms with van der Waals surface area (Å²) in [6.45, 7) is 3.90. The highest BCUT2D eigenvalue weighted by Crippen LogP contribution is 2.24. The van der Waals surface area contributed by atoms with E-state index in [-0.39, 0.29) is 23.5 Å². The molecule has 0 radical (unpaired) electrons. The van der Waals surface area contributed by atoms with Gasteiger partial charge in [0.2, 0.25) is 5.91 Å². The average molecular weight is 337 g/mol. The highest BCUT2D eigenvalue weighted by Gasteiger charge is 2.35. The maximum Gasteiger partial charge on any atom is 0.269 e. The third-order valence-electron chi connectivity index (χ3n) is 3.77. The van der Waals surface area contributed by atoms with Gasteiger partial charge in [-0.05, 0) is 25.5 Å². The van der Waals surface area contributed by atoms with Crippen molar-refractivity contribution in [3.63, 3.8) is 0 Å². The number of amides is 2. The molecule has 2 amide bonds. The molecule has 0 aromatic heterocycles. The number of non-ortho nitro benzene ring substituents is 1. The van der Waals surface area contributed by atoms with Gasteiger partial charge in [0.25, 0.3) is 11.6 Å². The van der Waals surface area contributed by atoms with Crippen LogP contribution in [0, 0.1) is 10.1 Å². The predicted molar refractivity (Wildman–Crippen MR) is 88.3 cm³/mol. The van der Waals surface area contributed by atoms with Crippen molar-refractivity contribution in [2.75, 3.05) is 11.6 Å². The van der Waals surface area contributed by atoms with E-state index < -0.39 is 11.0 Å². The first-order chi connectivity index (χ1) is 10.9. The van der Waals surface area contributed by atoms with Crippen LogP contribution < -0.4 is 5.32 Å². The highest BCUT2D eigenvalue weighted by atomic mass is 32.2. The first kappa shape index (κ1) is 17.3. The lowest BCUT2D eigenvalue weighted by Gasteiger charge is -2.24. The number of carbonyl (C=O) groups excluding carboxylic acids is 2. The summed E-state index contributed by atoms with van der Waals surface area (Å²) in [4.78, 5) is 36.5. The van der Waals surface area contributed by atoms with Gasteiger partial charge in [0, 0.05) is 29.5 Å². The molecule has 1 aromatic rings. The molecule has 7 nitrogen and oxygen atoms in total. The van der Waals surface area contributed by atoms with Gasteiger partial charge in [0.05, 0.1) is 10.8 Å². The fraction of sp³-hybridized carbons (Fsp3) is 0.467. The minimum absolute atomic E-state index is 0.0597. The number of carbonyl (C=O) groups is 2. The van der Waals surface area contributed by atoms with Crippen LogP contribution in [0.15, 0.2) is 24.3 Å². The number of nitrogens with zero attached hydrogens (tertiary/aromatic N) is 2. The van der Waals surface area contributed by atoms with Crippen molar-refractivity contribution < 1.29 is 14.5 Å². The first-order valence-corrected chi connectivity index (χ1v) is 8.53. The van der Waals surface area contributed by atoms with Gasteiger partial charge in [-0.15, -0.1) is 11.8 Å². The van der Waals surface area contributed by atoms with Gasteiger partial charge in [0.1, 0.15) is 6.04 Å². The number of hydrogen-bond acceptors (Lipinski definition) is 5. The minimum Gasteiger partial charge on any atom is -0.352 e. The Kier molecular flexibility index (Phi) is 5.59. The van der Waals surface area contributed by atoms with Gasteiger partial charge < -0.3 is 10.2 Å². The summed E-state index contributed by atoms with van der Waals surface area (Å²) >= 11 is 1.52. The van der Waals surface area contributed by atoms with Crippen LogP contribution in [0.2, 0.25) is 0 Å². The van der Waals surface area contributed by atoms with E-state index in [4.69, 9.17) is 0 Å². The van der Waals surface area contributed by atoms with Crippen molar-refractivity contribution >= 4 is 29.3 Å². The van der Waals surface area contributed by atoms with Crippen LogP contribution in [0.3, 0.4) is 0 Å². The van der Waals surface area contributed by atoms with Crippen LogP contribution in [0.1, 0.15) is 30.6 Å². The number of nitro groups is 1. The molecule has 2 atom stereocenters. The molecular formula is C15H19N3O4S. The predicted octanol–water partition coefficient (Wildman–Crippen LogP) is 2.02. The minimum atomic E-state index is -0.512. The summed E-state index contributed by atoms with van der Waals surface area (Å²) in [6, 6.07) is 5.00. The molecule has 23 heavy (non-hydrogen) atoms. The molecule has 1 fully saturated rings. The lowest BCUT2D eigenvalue weighted by Crippen LogP contribution is -2.49. The Labute approximate surface area is 138 Å². The maximum atomic E-state index is 12.6. The van der Waals surface area contributed by atoms with E-state index in [1.54, 1.807) is 0 Å². The molecule has 0 spiro atoms. The van der Waals surface area contributed by atoms with Crippen molar-refractivity contribution in [2.24, 2.45) is 0 Å². The van der Waals surface area contributed by atoms with E-state index in [0.717, 1.165) is 6.42 Å². The summed E-state index contributed by atoms with van der Waals surface area (Å²) in [5.41, 5.74) is 0.280. The topological polar surface area (TPSA) is 92.6 Å². The van der Waals surface area contributed by atoms with E-state index in [9.17, 15) is 19.7 Å². The van der Waals surface area contributed by atoms with Gasteiger partial charge in [0.15, 0.2) is 0 Å². The van der Waals surface area contributed by atoms with Gasteiger partial charge in [-0.2, -0.15) is 0 Å². The molecule has 2 unspecified atom stereocenters. The largest absolute Gasteiger partial charge is 0.352 e. The number of hydrogen-bond donors (Lipinski definition) is 1. The Morgan fingerprint density at radius 2 is 2.09 bits per heavy atom. The second kappa shape index (κ2) is 7.45. The van der Waals surface area contributed by atoms with Crippen molar-refractivity contribution in [2.45, 2.75) is 32.4 Å². The monoisotopic (exact) mass is 337 g/mol. The van der Waals surface area contributed by atoms with E-state index in [1.165, 1.54) is 40.9 Å². The Morgan fingerprint density at radius 3 is 2.65 bits per heavy atom. The second-order valence-corrected chi connectivity index (χ2v) is 6.41. The zero-order chi connectivity index (χ0) is 17.0. The molecule has 1 saturated heterocycles. The van der Waals surface area contributed by atoms with Crippen LogP contribution in [-0.4, -0.2) is 45.4 Å². The maximum absolute atomic E-state index is 12.6. The third kappa shape index (κ3) is 4.01.